The van der Waals surface area contributed by atoms with Gasteiger partial charge in [-0.2, -0.15) is 0 Å². The second-order valence-electron chi connectivity index (χ2n) is 3.52. The Bertz CT molecular complexity index is 248. The standard InChI is InChI=1S/C8H17NO3S/c1-2-3-7-6-8(4-5-12-7)13(9,10)11/h7-8H,2-6H2,1H3,(H2,9,10,11). The smallest absolute Gasteiger partial charge is 0.212 e. The molecule has 78 valence electrons. The summed E-state index contributed by atoms with van der Waals surface area (Å²) in [6.07, 6.45) is 3.13. The van der Waals surface area contributed by atoms with Crippen molar-refractivity contribution in [3.8, 4) is 0 Å². The van der Waals surface area contributed by atoms with Gasteiger partial charge in [-0.05, 0) is 19.3 Å². The molecular formula is C8H17NO3S. The van der Waals surface area contributed by atoms with Crippen LogP contribution in [0.2, 0.25) is 0 Å². The molecule has 1 saturated heterocycles. The highest BCUT2D eigenvalue weighted by Crippen LogP contribution is 2.21. The topological polar surface area (TPSA) is 69.4 Å². The maximum atomic E-state index is 11.1. The van der Waals surface area contributed by atoms with Gasteiger partial charge in [0, 0.05) is 6.61 Å². The van der Waals surface area contributed by atoms with Gasteiger partial charge in [-0.3, -0.25) is 0 Å². The Balaban J connectivity index is 2.52. The Kier molecular flexibility index (Phi) is 3.70. The first-order chi connectivity index (χ1) is 6.04. The van der Waals surface area contributed by atoms with E-state index in [1.165, 1.54) is 0 Å². The lowest BCUT2D eigenvalue weighted by Crippen LogP contribution is -2.37. The summed E-state index contributed by atoms with van der Waals surface area (Å²) in [4.78, 5) is 0. The molecule has 0 bridgehead atoms. The van der Waals surface area contributed by atoms with Gasteiger partial charge in [-0.25, -0.2) is 13.6 Å². The monoisotopic (exact) mass is 207 g/mol. The fourth-order valence-corrected chi connectivity index (χ4v) is 2.57. The van der Waals surface area contributed by atoms with E-state index in [4.69, 9.17) is 9.88 Å². The zero-order chi connectivity index (χ0) is 9.90. The minimum Gasteiger partial charge on any atom is -0.378 e. The molecule has 2 atom stereocenters. The van der Waals surface area contributed by atoms with Crippen LogP contribution in [0.4, 0.5) is 0 Å². The van der Waals surface area contributed by atoms with E-state index < -0.39 is 15.3 Å². The van der Waals surface area contributed by atoms with E-state index in [1.54, 1.807) is 0 Å². The Labute approximate surface area is 79.5 Å². The highest BCUT2D eigenvalue weighted by molar-refractivity contribution is 7.89. The van der Waals surface area contributed by atoms with Crippen LogP contribution in [-0.2, 0) is 14.8 Å². The van der Waals surface area contributed by atoms with Crippen LogP contribution < -0.4 is 5.14 Å². The van der Waals surface area contributed by atoms with Crippen LogP contribution in [0, 0.1) is 0 Å². The molecule has 1 heterocycles. The van der Waals surface area contributed by atoms with Crippen molar-refractivity contribution in [1.29, 1.82) is 0 Å². The number of sulfonamides is 1. The van der Waals surface area contributed by atoms with Crippen molar-refractivity contribution in [2.24, 2.45) is 5.14 Å². The summed E-state index contributed by atoms with van der Waals surface area (Å²) in [7, 11) is -3.36. The van der Waals surface area contributed by atoms with Gasteiger partial charge >= 0.3 is 0 Å². The van der Waals surface area contributed by atoms with Gasteiger partial charge in [0.15, 0.2) is 0 Å². The minimum absolute atomic E-state index is 0.0853. The number of ether oxygens (including phenoxy) is 1. The average molecular weight is 207 g/mol. The molecule has 0 radical (unpaired) electrons. The molecule has 0 aromatic rings. The molecule has 1 rings (SSSR count). The summed E-state index contributed by atoms with van der Waals surface area (Å²) in [5.41, 5.74) is 0. The van der Waals surface area contributed by atoms with Crippen LogP contribution in [0.15, 0.2) is 0 Å². The number of hydrogen-bond acceptors (Lipinski definition) is 3. The number of hydrogen-bond donors (Lipinski definition) is 1. The highest BCUT2D eigenvalue weighted by Gasteiger charge is 2.29. The maximum Gasteiger partial charge on any atom is 0.212 e. The SMILES string of the molecule is CCCC1CC(S(N)(=O)=O)CCO1. The van der Waals surface area contributed by atoms with Crippen molar-refractivity contribution in [2.75, 3.05) is 6.61 Å². The predicted octanol–water partition coefficient (Wildman–Crippen LogP) is 0.623. The van der Waals surface area contributed by atoms with Crippen LogP contribution >= 0.6 is 0 Å². The first-order valence-electron chi connectivity index (χ1n) is 4.67. The molecule has 0 saturated carbocycles. The normalized spacial score (nSPS) is 30.3. The van der Waals surface area contributed by atoms with Crippen LogP contribution in [0.5, 0.6) is 0 Å². The number of nitrogens with two attached hydrogens (primary N) is 1. The Hall–Kier alpha value is -0.130. The molecule has 1 aliphatic rings. The number of rotatable bonds is 3. The quantitative estimate of drug-likeness (QED) is 0.737. The molecule has 0 aliphatic carbocycles. The second-order valence-corrected chi connectivity index (χ2v) is 5.36. The second kappa shape index (κ2) is 4.39. The van der Waals surface area contributed by atoms with Gasteiger partial charge in [0.1, 0.15) is 0 Å². The van der Waals surface area contributed by atoms with E-state index in [0.29, 0.717) is 19.4 Å². The fraction of sp³-hybridized carbons (Fsp3) is 1.00. The van der Waals surface area contributed by atoms with Crippen molar-refractivity contribution < 1.29 is 13.2 Å². The first-order valence-corrected chi connectivity index (χ1v) is 6.28. The molecule has 0 aromatic carbocycles. The molecule has 1 fully saturated rings. The predicted molar refractivity (Wildman–Crippen MR) is 50.8 cm³/mol. The lowest BCUT2D eigenvalue weighted by Gasteiger charge is -2.27. The molecule has 0 amide bonds. The minimum atomic E-state index is -3.36. The average Bonchev–Trinajstić information content (AvgIpc) is 2.04. The summed E-state index contributed by atoms with van der Waals surface area (Å²) in [6, 6.07) is 0. The van der Waals surface area contributed by atoms with E-state index in [2.05, 4.69) is 6.92 Å². The molecule has 13 heavy (non-hydrogen) atoms. The van der Waals surface area contributed by atoms with Gasteiger partial charge in [-0.15, -0.1) is 0 Å². The third kappa shape index (κ3) is 3.25. The van der Waals surface area contributed by atoms with Crippen LogP contribution in [0.1, 0.15) is 32.6 Å². The van der Waals surface area contributed by atoms with Gasteiger partial charge in [0.25, 0.3) is 0 Å². The Morgan fingerprint density at radius 3 is 2.77 bits per heavy atom. The summed E-state index contributed by atoms with van der Waals surface area (Å²) < 4.78 is 27.5. The van der Waals surface area contributed by atoms with Gasteiger partial charge < -0.3 is 4.74 Å². The highest BCUT2D eigenvalue weighted by atomic mass is 32.2. The van der Waals surface area contributed by atoms with E-state index in [0.717, 1.165) is 12.8 Å². The lowest BCUT2D eigenvalue weighted by atomic mass is 10.0. The van der Waals surface area contributed by atoms with Crippen molar-refractivity contribution in [3.63, 3.8) is 0 Å². The van der Waals surface area contributed by atoms with E-state index in [9.17, 15) is 8.42 Å². The first kappa shape index (κ1) is 10.9. The summed E-state index contributed by atoms with van der Waals surface area (Å²) in [5, 5.41) is 4.69. The fourth-order valence-electron chi connectivity index (χ4n) is 1.67. The zero-order valence-electron chi connectivity index (χ0n) is 7.90. The van der Waals surface area contributed by atoms with Crippen LogP contribution in [-0.4, -0.2) is 26.4 Å². The zero-order valence-corrected chi connectivity index (χ0v) is 8.72. The molecule has 0 aromatic heterocycles. The lowest BCUT2D eigenvalue weighted by molar-refractivity contribution is 0.0125. The Morgan fingerprint density at radius 2 is 2.23 bits per heavy atom. The molecule has 4 nitrogen and oxygen atoms in total. The molecule has 2 unspecified atom stereocenters. The molecular weight excluding hydrogens is 190 g/mol. The van der Waals surface area contributed by atoms with Crippen molar-refractivity contribution in [3.05, 3.63) is 0 Å². The van der Waals surface area contributed by atoms with E-state index in [1.807, 2.05) is 0 Å². The largest absolute Gasteiger partial charge is 0.378 e. The summed E-state index contributed by atoms with van der Waals surface area (Å²) in [5.74, 6) is 0. The van der Waals surface area contributed by atoms with Crippen molar-refractivity contribution in [1.82, 2.24) is 0 Å². The Morgan fingerprint density at radius 1 is 1.54 bits per heavy atom. The van der Waals surface area contributed by atoms with Crippen LogP contribution in [0.3, 0.4) is 0 Å². The van der Waals surface area contributed by atoms with E-state index in [-0.39, 0.29) is 6.10 Å². The summed E-state index contributed by atoms with van der Waals surface area (Å²) in [6.45, 7) is 2.58. The molecule has 1 aliphatic heterocycles. The molecule has 0 spiro atoms. The van der Waals surface area contributed by atoms with E-state index >= 15 is 0 Å². The van der Waals surface area contributed by atoms with Crippen LogP contribution in [0.25, 0.3) is 0 Å². The molecule has 2 N–H and O–H groups in total. The van der Waals surface area contributed by atoms with Crippen molar-refractivity contribution in [2.45, 2.75) is 44.0 Å². The van der Waals surface area contributed by atoms with Gasteiger partial charge in [-0.1, -0.05) is 13.3 Å². The third-order valence-corrected chi connectivity index (χ3v) is 3.75. The van der Waals surface area contributed by atoms with Crippen molar-refractivity contribution >= 4 is 10.0 Å². The number of primary sulfonamides is 1. The van der Waals surface area contributed by atoms with Gasteiger partial charge in [0.2, 0.25) is 10.0 Å². The maximum absolute atomic E-state index is 11.1. The molecule has 5 heteroatoms. The van der Waals surface area contributed by atoms with Gasteiger partial charge in [0.05, 0.1) is 11.4 Å². The third-order valence-electron chi connectivity index (χ3n) is 2.39. The summed E-state index contributed by atoms with van der Waals surface area (Å²) >= 11 is 0.